The number of hydrogen-bond acceptors (Lipinski definition) is 4. The summed E-state index contributed by atoms with van der Waals surface area (Å²) in [6.07, 6.45) is 0. The molecule has 3 aromatic rings. The van der Waals surface area contributed by atoms with Gasteiger partial charge in [-0.3, -0.25) is 4.79 Å². The van der Waals surface area contributed by atoms with Crippen molar-refractivity contribution in [1.82, 2.24) is 14.8 Å². The molecule has 0 aliphatic heterocycles. The number of thioether (sulfide) groups is 1. The zero-order valence-corrected chi connectivity index (χ0v) is 15.7. The van der Waals surface area contributed by atoms with E-state index in [0.29, 0.717) is 5.56 Å². The Labute approximate surface area is 153 Å². The lowest BCUT2D eigenvalue weighted by Gasteiger charge is -2.10. The topological polar surface area (TPSA) is 47.8 Å². The quantitative estimate of drug-likeness (QED) is 0.462. The van der Waals surface area contributed by atoms with E-state index in [0.717, 1.165) is 21.0 Å². The molecule has 0 fully saturated rings. The molecule has 0 bridgehead atoms. The maximum absolute atomic E-state index is 12.6. The molecule has 1 atom stereocenters. The molecule has 3 rings (SSSR count). The summed E-state index contributed by atoms with van der Waals surface area (Å²) in [4.78, 5) is 12.6. The summed E-state index contributed by atoms with van der Waals surface area (Å²) in [6.45, 7) is 1.89. The van der Waals surface area contributed by atoms with Gasteiger partial charge in [0.1, 0.15) is 0 Å². The molecule has 4 nitrogen and oxygen atoms in total. The SMILES string of the molecule is CC(Sc1nnc(-c2ccccc2)n1C)C(=O)c1ccc(Br)cc1. The summed E-state index contributed by atoms with van der Waals surface area (Å²) >= 11 is 4.80. The highest BCUT2D eigenvalue weighted by Crippen LogP contribution is 2.27. The molecule has 0 aliphatic carbocycles. The molecule has 24 heavy (non-hydrogen) atoms. The number of carbonyl (C=O) groups excluding carboxylic acids is 1. The van der Waals surface area contributed by atoms with E-state index in [-0.39, 0.29) is 11.0 Å². The smallest absolute Gasteiger partial charge is 0.191 e. The van der Waals surface area contributed by atoms with Crippen LogP contribution in [-0.4, -0.2) is 25.8 Å². The normalized spacial score (nSPS) is 12.1. The Morgan fingerprint density at radius 2 is 1.75 bits per heavy atom. The van der Waals surface area contributed by atoms with Crippen molar-refractivity contribution in [3.05, 3.63) is 64.6 Å². The van der Waals surface area contributed by atoms with Crippen LogP contribution in [0, 0.1) is 0 Å². The van der Waals surface area contributed by atoms with E-state index in [4.69, 9.17) is 0 Å². The molecule has 122 valence electrons. The summed E-state index contributed by atoms with van der Waals surface area (Å²) in [5.74, 6) is 0.873. The van der Waals surface area contributed by atoms with Crippen molar-refractivity contribution in [1.29, 1.82) is 0 Å². The first-order valence-corrected chi connectivity index (χ1v) is 9.15. The van der Waals surface area contributed by atoms with Gasteiger partial charge in [-0.15, -0.1) is 10.2 Å². The van der Waals surface area contributed by atoms with E-state index in [2.05, 4.69) is 26.1 Å². The van der Waals surface area contributed by atoms with Gasteiger partial charge in [-0.25, -0.2) is 0 Å². The number of halogens is 1. The molecule has 1 aromatic heterocycles. The van der Waals surface area contributed by atoms with Gasteiger partial charge in [-0.2, -0.15) is 0 Å². The van der Waals surface area contributed by atoms with Crippen molar-refractivity contribution >= 4 is 33.5 Å². The first kappa shape index (κ1) is 16.9. The molecule has 0 aliphatic rings. The number of ketones is 1. The summed E-state index contributed by atoms with van der Waals surface area (Å²) < 4.78 is 2.88. The molecule has 0 amide bonds. The van der Waals surface area contributed by atoms with Crippen molar-refractivity contribution in [3.63, 3.8) is 0 Å². The minimum Gasteiger partial charge on any atom is -0.305 e. The first-order valence-electron chi connectivity index (χ1n) is 7.47. The van der Waals surface area contributed by atoms with Crippen molar-refractivity contribution < 1.29 is 4.79 Å². The number of benzene rings is 2. The van der Waals surface area contributed by atoms with E-state index in [1.807, 2.05) is 73.1 Å². The molecule has 6 heteroatoms. The van der Waals surface area contributed by atoms with Crippen LogP contribution < -0.4 is 0 Å². The Hall–Kier alpha value is -1.92. The highest BCUT2D eigenvalue weighted by molar-refractivity contribution is 9.10. The highest BCUT2D eigenvalue weighted by Gasteiger charge is 2.20. The van der Waals surface area contributed by atoms with Crippen LogP contribution in [-0.2, 0) is 7.05 Å². The number of aromatic nitrogens is 3. The van der Waals surface area contributed by atoms with Crippen LogP contribution in [0.5, 0.6) is 0 Å². The molecule has 1 heterocycles. The van der Waals surface area contributed by atoms with Gasteiger partial charge in [-0.1, -0.05) is 70.2 Å². The third kappa shape index (κ3) is 3.60. The fourth-order valence-corrected chi connectivity index (χ4v) is 3.47. The maximum Gasteiger partial charge on any atom is 0.191 e. The van der Waals surface area contributed by atoms with Gasteiger partial charge in [0.05, 0.1) is 5.25 Å². The summed E-state index contributed by atoms with van der Waals surface area (Å²) in [5.41, 5.74) is 1.70. The Bertz CT molecular complexity index is 846. The number of nitrogens with zero attached hydrogens (tertiary/aromatic N) is 3. The van der Waals surface area contributed by atoms with Crippen molar-refractivity contribution in [2.24, 2.45) is 7.05 Å². The van der Waals surface area contributed by atoms with Crippen molar-refractivity contribution in [2.45, 2.75) is 17.3 Å². The van der Waals surface area contributed by atoms with Crippen molar-refractivity contribution in [3.8, 4) is 11.4 Å². The third-order valence-electron chi connectivity index (χ3n) is 3.65. The zero-order valence-electron chi connectivity index (χ0n) is 13.3. The van der Waals surface area contributed by atoms with E-state index in [9.17, 15) is 4.79 Å². The largest absolute Gasteiger partial charge is 0.305 e. The van der Waals surface area contributed by atoms with Crippen LogP contribution in [0.25, 0.3) is 11.4 Å². The lowest BCUT2D eigenvalue weighted by molar-refractivity contribution is 0.0994. The minimum atomic E-state index is -0.238. The number of carbonyl (C=O) groups is 1. The number of hydrogen-bond donors (Lipinski definition) is 0. The molecule has 0 N–H and O–H groups in total. The predicted octanol–water partition coefficient (Wildman–Crippen LogP) is 4.61. The van der Waals surface area contributed by atoms with Gasteiger partial charge in [-0.05, 0) is 19.1 Å². The Morgan fingerprint density at radius 1 is 1.08 bits per heavy atom. The third-order valence-corrected chi connectivity index (χ3v) is 5.31. The van der Waals surface area contributed by atoms with Crippen LogP contribution in [0.2, 0.25) is 0 Å². The molecule has 0 spiro atoms. The second-order valence-electron chi connectivity index (χ2n) is 5.36. The fourth-order valence-electron chi connectivity index (χ4n) is 2.32. The van der Waals surface area contributed by atoms with Crippen LogP contribution in [0.4, 0.5) is 0 Å². The molecule has 2 aromatic carbocycles. The van der Waals surface area contributed by atoms with Gasteiger partial charge >= 0.3 is 0 Å². The minimum absolute atomic E-state index is 0.0803. The summed E-state index contributed by atoms with van der Waals surface area (Å²) in [5, 5.41) is 8.99. The maximum atomic E-state index is 12.6. The Balaban J connectivity index is 1.78. The molecule has 0 saturated heterocycles. The fraction of sp³-hybridized carbons (Fsp3) is 0.167. The Kier molecular flexibility index (Phi) is 5.16. The number of Topliss-reactive ketones (excluding diaryl/α,β-unsaturated/α-hetero) is 1. The van der Waals surface area contributed by atoms with Crippen molar-refractivity contribution in [2.75, 3.05) is 0 Å². The lowest BCUT2D eigenvalue weighted by Crippen LogP contribution is -2.14. The van der Waals surface area contributed by atoms with Gasteiger partial charge in [0, 0.05) is 22.6 Å². The van der Waals surface area contributed by atoms with Crippen LogP contribution in [0.15, 0.2) is 64.2 Å². The van der Waals surface area contributed by atoms with Crippen LogP contribution in [0.3, 0.4) is 0 Å². The van der Waals surface area contributed by atoms with Crippen LogP contribution >= 0.6 is 27.7 Å². The van der Waals surface area contributed by atoms with Gasteiger partial charge in [0.15, 0.2) is 16.8 Å². The number of rotatable bonds is 5. The average Bonchev–Trinajstić information content (AvgIpc) is 2.96. The second-order valence-corrected chi connectivity index (χ2v) is 7.59. The lowest BCUT2D eigenvalue weighted by atomic mass is 10.1. The average molecular weight is 402 g/mol. The molecule has 0 radical (unpaired) electrons. The first-order chi connectivity index (χ1) is 11.6. The predicted molar refractivity (Wildman–Crippen MR) is 100 cm³/mol. The standard InChI is InChI=1S/C18H16BrN3OS/c1-12(16(23)13-8-10-15(19)11-9-13)24-18-21-20-17(22(18)2)14-6-4-3-5-7-14/h3-12H,1-2H3. The molecular weight excluding hydrogens is 386 g/mol. The Morgan fingerprint density at radius 3 is 2.42 bits per heavy atom. The summed E-state index contributed by atoms with van der Waals surface area (Å²) in [7, 11) is 1.92. The van der Waals surface area contributed by atoms with Gasteiger partial charge < -0.3 is 4.57 Å². The van der Waals surface area contributed by atoms with Crippen LogP contribution in [0.1, 0.15) is 17.3 Å². The zero-order chi connectivity index (χ0) is 17.1. The van der Waals surface area contributed by atoms with E-state index >= 15 is 0 Å². The molecule has 0 saturated carbocycles. The monoisotopic (exact) mass is 401 g/mol. The molecular formula is C18H16BrN3OS. The molecule has 1 unspecified atom stereocenters. The highest BCUT2D eigenvalue weighted by atomic mass is 79.9. The summed E-state index contributed by atoms with van der Waals surface area (Å²) in [6, 6.07) is 17.3. The van der Waals surface area contributed by atoms with E-state index in [1.165, 1.54) is 11.8 Å². The second kappa shape index (κ2) is 7.32. The van der Waals surface area contributed by atoms with Gasteiger partial charge in [0.2, 0.25) is 0 Å². The van der Waals surface area contributed by atoms with Gasteiger partial charge in [0.25, 0.3) is 0 Å². The van der Waals surface area contributed by atoms with E-state index in [1.54, 1.807) is 0 Å². The van der Waals surface area contributed by atoms with E-state index < -0.39 is 0 Å².